The molecule has 0 aromatic carbocycles. The van der Waals surface area contributed by atoms with E-state index in [0.29, 0.717) is 6.42 Å². The van der Waals surface area contributed by atoms with Crippen molar-refractivity contribution in [3.05, 3.63) is 23.3 Å². The number of rotatable bonds is 2. The SMILES string of the molecule is CCCC1(O)C=CC=C(Cl)C1. The molecule has 0 bridgehead atoms. The van der Waals surface area contributed by atoms with Gasteiger partial charge in [-0.3, -0.25) is 0 Å². The minimum Gasteiger partial charge on any atom is -0.385 e. The van der Waals surface area contributed by atoms with Crippen LogP contribution in [0, 0.1) is 0 Å². The minimum atomic E-state index is -0.680. The second-order valence-electron chi connectivity index (χ2n) is 3.00. The fourth-order valence-corrected chi connectivity index (χ4v) is 1.65. The average Bonchev–Trinajstić information content (AvgIpc) is 1.86. The van der Waals surface area contributed by atoms with Gasteiger partial charge in [-0.1, -0.05) is 37.1 Å². The van der Waals surface area contributed by atoms with Gasteiger partial charge in [-0.2, -0.15) is 0 Å². The molecule has 0 heterocycles. The molecule has 1 aliphatic carbocycles. The third-order valence-electron chi connectivity index (χ3n) is 1.84. The van der Waals surface area contributed by atoms with Gasteiger partial charge < -0.3 is 5.11 Å². The first kappa shape index (κ1) is 8.82. The lowest BCUT2D eigenvalue weighted by Crippen LogP contribution is -2.26. The third-order valence-corrected chi connectivity index (χ3v) is 2.10. The van der Waals surface area contributed by atoms with Gasteiger partial charge in [0, 0.05) is 11.5 Å². The van der Waals surface area contributed by atoms with Crippen LogP contribution in [0.1, 0.15) is 26.2 Å². The van der Waals surface area contributed by atoms with Crippen molar-refractivity contribution in [2.45, 2.75) is 31.8 Å². The van der Waals surface area contributed by atoms with E-state index in [-0.39, 0.29) is 0 Å². The molecule has 1 aliphatic rings. The Morgan fingerprint density at radius 3 is 3.00 bits per heavy atom. The van der Waals surface area contributed by atoms with E-state index in [1.54, 1.807) is 0 Å². The van der Waals surface area contributed by atoms with Gasteiger partial charge in [0.15, 0.2) is 0 Å². The second kappa shape index (κ2) is 3.42. The van der Waals surface area contributed by atoms with E-state index in [9.17, 15) is 5.11 Å². The van der Waals surface area contributed by atoms with Crippen LogP contribution in [-0.4, -0.2) is 10.7 Å². The van der Waals surface area contributed by atoms with E-state index in [4.69, 9.17) is 11.6 Å². The van der Waals surface area contributed by atoms with Crippen LogP contribution >= 0.6 is 11.6 Å². The van der Waals surface area contributed by atoms with E-state index >= 15 is 0 Å². The number of aliphatic hydroxyl groups is 1. The molecule has 0 radical (unpaired) electrons. The van der Waals surface area contributed by atoms with E-state index < -0.39 is 5.60 Å². The summed E-state index contributed by atoms with van der Waals surface area (Å²) >= 11 is 5.79. The van der Waals surface area contributed by atoms with Crippen molar-refractivity contribution in [3.8, 4) is 0 Å². The predicted molar refractivity (Wildman–Crippen MR) is 47.6 cm³/mol. The van der Waals surface area contributed by atoms with Crippen molar-refractivity contribution in [1.29, 1.82) is 0 Å². The van der Waals surface area contributed by atoms with Gasteiger partial charge >= 0.3 is 0 Å². The third kappa shape index (κ3) is 2.35. The highest BCUT2D eigenvalue weighted by atomic mass is 35.5. The number of allylic oxidation sites excluding steroid dienone is 2. The monoisotopic (exact) mass is 172 g/mol. The molecule has 1 rings (SSSR count). The molecule has 0 amide bonds. The summed E-state index contributed by atoms with van der Waals surface area (Å²) in [6.45, 7) is 2.05. The van der Waals surface area contributed by atoms with Crippen LogP contribution < -0.4 is 0 Å². The molecule has 0 aliphatic heterocycles. The second-order valence-corrected chi connectivity index (χ2v) is 3.49. The summed E-state index contributed by atoms with van der Waals surface area (Å²) < 4.78 is 0. The molecule has 0 fully saturated rings. The predicted octanol–water partition coefficient (Wildman–Crippen LogP) is 2.60. The van der Waals surface area contributed by atoms with Gasteiger partial charge in [0.1, 0.15) is 0 Å². The van der Waals surface area contributed by atoms with Gasteiger partial charge in [0.2, 0.25) is 0 Å². The maximum Gasteiger partial charge on any atom is 0.0879 e. The largest absolute Gasteiger partial charge is 0.385 e. The molecule has 0 saturated carbocycles. The van der Waals surface area contributed by atoms with Crippen molar-refractivity contribution in [2.75, 3.05) is 0 Å². The number of hydrogen-bond acceptors (Lipinski definition) is 1. The fourth-order valence-electron chi connectivity index (χ4n) is 1.35. The van der Waals surface area contributed by atoms with E-state index in [1.807, 2.05) is 18.2 Å². The Balaban J connectivity index is 2.62. The summed E-state index contributed by atoms with van der Waals surface area (Å²) in [5, 5.41) is 10.6. The van der Waals surface area contributed by atoms with Gasteiger partial charge in [-0.25, -0.2) is 0 Å². The molecule has 1 unspecified atom stereocenters. The number of hydrogen-bond donors (Lipinski definition) is 1. The first-order valence-electron chi connectivity index (χ1n) is 3.92. The minimum absolute atomic E-state index is 0.568. The van der Waals surface area contributed by atoms with E-state index in [2.05, 4.69) is 6.92 Å². The lowest BCUT2D eigenvalue weighted by atomic mass is 9.91. The zero-order valence-corrected chi connectivity index (χ0v) is 7.43. The van der Waals surface area contributed by atoms with Crippen LogP contribution in [0.3, 0.4) is 0 Å². The van der Waals surface area contributed by atoms with Gasteiger partial charge in [0.05, 0.1) is 5.60 Å². The van der Waals surface area contributed by atoms with E-state index in [1.165, 1.54) is 0 Å². The molecule has 0 saturated heterocycles. The van der Waals surface area contributed by atoms with Crippen molar-refractivity contribution in [2.24, 2.45) is 0 Å². The Labute approximate surface area is 72.4 Å². The quantitative estimate of drug-likeness (QED) is 0.679. The molecular weight excluding hydrogens is 160 g/mol. The zero-order valence-electron chi connectivity index (χ0n) is 6.68. The van der Waals surface area contributed by atoms with Crippen LogP contribution in [0.25, 0.3) is 0 Å². The van der Waals surface area contributed by atoms with Crippen molar-refractivity contribution >= 4 is 11.6 Å². The Morgan fingerprint density at radius 2 is 2.45 bits per heavy atom. The summed E-state index contributed by atoms with van der Waals surface area (Å²) in [5.41, 5.74) is -0.680. The van der Waals surface area contributed by atoms with Crippen LogP contribution in [-0.2, 0) is 0 Å². The molecule has 11 heavy (non-hydrogen) atoms. The van der Waals surface area contributed by atoms with Gasteiger partial charge in [-0.15, -0.1) is 0 Å². The molecule has 0 spiro atoms. The summed E-state index contributed by atoms with van der Waals surface area (Å²) in [7, 11) is 0. The summed E-state index contributed by atoms with van der Waals surface area (Å²) in [5.74, 6) is 0. The van der Waals surface area contributed by atoms with Gasteiger partial charge in [0.25, 0.3) is 0 Å². The van der Waals surface area contributed by atoms with Crippen molar-refractivity contribution in [1.82, 2.24) is 0 Å². The molecule has 1 atom stereocenters. The topological polar surface area (TPSA) is 20.2 Å². The first-order valence-corrected chi connectivity index (χ1v) is 4.30. The molecule has 1 N–H and O–H groups in total. The Bertz CT molecular complexity index is 196. The molecule has 1 nitrogen and oxygen atoms in total. The van der Waals surface area contributed by atoms with Crippen LogP contribution in [0.4, 0.5) is 0 Å². The lowest BCUT2D eigenvalue weighted by molar-refractivity contribution is 0.0815. The molecule has 2 heteroatoms. The Kier molecular flexibility index (Phi) is 2.74. The highest BCUT2D eigenvalue weighted by molar-refractivity contribution is 6.29. The summed E-state index contributed by atoms with van der Waals surface area (Å²) in [6, 6.07) is 0. The first-order chi connectivity index (χ1) is 5.16. The summed E-state index contributed by atoms with van der Waals surface area (Å²) in [4.78, 5) is 0. The highest BCUT2D eigenvalue weighted by Crippen LogP contribution is 2.28. The number of halogens is 1. The maximum absolute atomic E-state index is 9.83. The highest BCUT2D eigenvalue weighted by Gasteiger charge is 2.24. The lowest BCUT2D eigenvalue weighted by Gasteiger charge is -2.25. The van der Waals surface area contributed by atoms with Crippen LogP contribution in [0.2, 0.25) is 0 Å². The van der Waals surface area contributed by atoms with E-state index in [0.717, 1.165) is 17.9 Å². The molecule has 0 aromatic rings. The standard InChI is InChI=1S/C9H13ClO/c1-2-5-9(11)6-3-4-8(10)7-9/h3-4,6,11H,2,5,7H2,1H3. The molecular formula is C9H13ClO. The maximum atomic E-state index is 9.83. The Morgan fingerprint density at radius 1 is 1.73 bits per heavy atom. The normalized spacial score (nSPS) is 30.3. The smallest absolute Gasteiger partial charge is 0.0879 e. The van der Waals surface area contributed by atoms with Crippen molar-refractivity contribution in [3.63, 3.8) is 0 Å². The average molecular weight is 173 g/mol. The molecule has 0 aromatic heterocycles. The van der Waals surface area contributed by atoms with Crippen LogP contribution in [0.15, 0.2) is 23.3 Å². The zero-order chi connectivity index (χ0) is 8.32. The Hall–Kier alpha value is -0.270. The van der Waals surface area contributed by atoms with Gasteiger partial charge in [-0.05, 0) is 12.5 Å². The van der Waals surface area contributed by atoms with Crippen LogP contribution in [0.5, 0.6) is 0 Å². The molecule has 62 valence electrons. The summed E-state index contributed by atoms with van der Waals surface area (Å²) in [6.07, 6.45) is 7.80. The fraction of sp³-hybridized carbons (Fsp3) is 0.556. The van der Waals surface area contributed by atoms with Crippen molar-refractivity contribution < 1.29 is 5.11 Å².